The maximum atomic E-state index is 13.2. The second kappa shape index (κ2) is 9.09. The molecule has 4 aromatic rings. The van der Waals surface area contributed by atoms with Crippen LogP contribution >= 0.6 is 0 Å². The van der Waals surface area contributed by atoms with Gasteiger partial charge in [0.25, 0.3) is 5.56 Å². The van der Waals surface area contributed by atoms with Gasteiger partial charge >= 0.3 is 5.97 Å². The molecule has 32 heavy (non-hydrogen) atoms. The lowest BCUT2D eigenvalue weighted by Gasteiger charge is -2.12. The van der Waals surface area contributed by atoms with Crippen molar-refractivity contribution in [2.45, 2.75) is 33.3 Å². The minimum Gasteiger partial charge on any atom is -0.489 e. The second-order valence-corrected chi connectivity index (χ2v) is 8.13. The molecule has 0 saturated heterocycles. The number of nitrogens with one attached hydrogen (secondary N) is 1. The minimum absolute atomic E-state index is 0.0402. The molecule has 0 saturated carbocycles. The van der Waals surface area contributed by atoms with Crippen molar-refractivity contribution in [1.29, 1.82) is 0 Å². The van der Waals surface area contributed by atoms with Crippen molar-refractivity contribution in [2.75, 3.05) is 0 Å². The van der Waals surface area contributed by atoms with Gasteiger partial charge in [0.1, 0.15) is 17.9 Å². The highest BCUT2D eigenvalue weighted by Gasteiger charge is 2.20. The number of aromatic carboxylic acids is 1. The Kier molecular flexibility index (Phi) is 6.07. The summed E-state index contributed by atoms with van der Waals surface area (Å²) in [5, 5.41) is 12.2. The third-order valence-electron chi connectivity index (χ3n) is 5.33. The summed E-state index contributed by atoms with van der Waals surface area (Å²) in [6, 6.07) is 17.3. The van der Waals surface area contributed by atoms with Gasteiger partial charge in [0, 0.05) is 17.3 Å². The largest absolute Gasteiger partial charge is 0.489 e. The molecule has 0 spiro atoms. The maximum Gasteiger partial charge on any atom is 0.341 e. The van der Waals surface area contributed by atoms with Crippen molar-refractivity contribution >= 4 is 11.6 Å². The normalized spacial score (nSPS) is 11.2. The van der Waals surface area contributed by atoms with Gasteiger partial charge in [-0.25, -0.2) is 14.3 Å². The molecular weight excluding hydrogens is 406 g/mol. The molecule has 4 rings (SSSR count). The molecule has 0 aliphatic heterocycles. The fourth-order valence-corrected chi connectivity index (χ4v) is 3.55. The zero-order valence-corrected chi connectivity index (χ0v) is 18.0. The third kappa shape index (κ3) is 4.42. The lowest BCUT2D eigenvalue weighted by Crippen LogP contribution is -2.22. The van der Waals surface area contributed by atoms with E-state index >= 15 is 0 Å². The highest BCUT2D eigenvalue weighted by atomic mass is 16.5. The number of carboxylic acid groups (broad SMARTS) is 1. The lowest BCUT2D eigenvalue weighted by atomic mass is 9.99. The number of hydrogen-bond acceptors (Lipinski definition) is 4. The van der Waals surface area contributed by atoms with E-state index < -0.39 is 5.97 Å². The van der Waals surface area contributed by atoms with Gasteiger partial charge in [0.2, 0.25) is 0 Å². The van der Waals surface area contributed by atoms with E-state index in [-0.39, 0.29) is 16.8 Å². The van der Waals surface area contributed by atoms with Crippen LogP contribution in [0, 0.1) is 5.92 Å². The smallest absolute Gasteiger partial charge is 0.341 e. The first-order valence-corrected chi connectivity index (χ1v) is 10.6. The average molecular weight is 431 g/mol. The van der Waals surface area contributed by atoms with Crippen LogP contribution < -0.4 is 10.3 Å². The summed E-state index contributed by atoms with van der Waals surface area (Å²) in [4.78, 5) is 29.3. The Morgan fingerprint density at radius 3 is 2.50 bits per heavy atom. The monoisotopic (exact) mass is 431 g/mol. The van der Waals surface area contributed by atoms with Crippen LogP contribution in [-0.4, -0.2) is 25.7 Å². The fourth-order valence-electron chi connectivity index (χ4n) is 3.55. The van der Waals surface area contributed by atoms with Crippen LogP contribution in [0.15, 0.2) is 65.6 Å². The SMILES string of the molecule is CC(C)CCc1c(-c2ccc(OCc3ccccc3)cc2)nc2c(C(=O)O)c[nH]n2c1=O. The molecule has 164 valence electrons. The summed E-state index contributed by atoms with van der Waals surface area (Å²) in [7, 11) is 0. The molecule has 0 aliphatic carbocycles. The Morgan fingerprint density at radius 2 is 1.84 bits per heavy atom. The number of benzene rings is 2. The van der Waals surface area contributed by atoms with Gasteiger partial charge in [-0.2, -0.15) is 0 Å². The lowest BCUT2D eigenvalue weighted by molar-refractivity contribution is 0.0698. The van der Waals surface area contributed by atoms with E-state index in [1.165, 1.54) is 10.7 Å². The molecule has 2 N–H and O–H groups in total. The van der Waals surface area contributed by atoms with E-state index in [1.54, 1.807) is 0 Å². The molecule has 0 unspecified atom stereocenters. The van der Waals surface area contributed by atoms with E-state index in [2.05, 4.69) is 23.9 Å². The second-order valence-electron chi connectivity index (χ2n) is 8.13. The van der Waals surface area contributed by atoms with E-state index in [0.717, 1.165) is 17.5 Å². The van der Waals surface area contributed by atoms with Crippen molar-refractivity contribution in [3.05, 3.63) is 87.8 Å². The first-order valence-electron chi connectivity index (χ1n) is 10.6. The first kappa shape index (κ1) is 21.4. The standard InChI is InChI=1S/C25H25N3O4/c1-16(2)8-13-20-22(27-23-21(25(30)31)14-26-28(23)24(20)29)18-9-11-19(12-10-18)32-15-17-6-4-3-5-7-17/h3-7,9-12,14,16,26H,8,13,15H2,1-2H3,(H,30,31). The molecule has 0 aliphatic rings. The van der Waals surface area contributed by atoms with Crippen molar-refractivity contribution in [2.24, 2.45) is 5.92 Å². The number of fused-ring (bicyclic) bond motifs is 1. The molecule has 7 heteroatoms. The van der Waals surface area contributed by atoms with Gasteiger partial charge in [0.15, 0.2) is 5.65 Å². The van der Waals surface area contributed by atoms with Gasteiger partial charge in [0.05, 0.1) is 5.69 Å². The number of nitrogens with zero attached hydrogens (tertiary/aromatic N) is 2. The Bertz CT molecular complexity index is 1290. The van der Waals surface area contributed by atoms with E-state index in [4.69, 9.17) is 4.74 Å². The number of aromatic nitrogens is 3. The molecule has 0 bridgehead atoms. The van der Waals surface area contributed by atoms with E-state index in [9.17, 15) is 14.7 Å². The van der Waals surface area contributed by atoms with Crippen molar-refractivity contribution in [3.63, 3.8) is 0 Å². The number of hydrogen-bond donors (Lipinski definition) is 2. The van der Waals surface area contributed by atoms with Crippen LogP contribution in [0.2, 0.25) is 0 Å². The zero-order chi connectivity index (χ0) is 22.7. The van der Waals surface area contributed by atoms with Crippen LogP contribution in [-0.2, 0) is 13.0 Å². The van der Waals surface area contributed by atoms with Gasteiger partial charge < -0.3 is 9.84 Å². The summed E-state index contributed by atoms with van der Waals surface area (Å²) in [6.45, 7) is 4.65. The predicted octanol–water partition coefficient (Wildman–Crippen LogP) is 4.56. The molecule has 2 aromatic heterocycles. The van der Waals surface area contributed by atoms with Gasteiger partial charge in [-0.1, -0.05) is 44.2 Å². The summed E-state index contributed by atoms with van der Waals surface area (Å²) in [6.07, 6.45) is 2.67. The number of carboxylic acids is 1. The Balaban J connectivity index is 1.71. The molecule has 2 heterocycles. The van der Waals surface area contributed by atoms with Crippen molar-refractivity contribution in [3.8, 4) is 17.0 Å². The summed E-state index contributed by atoms with van der Waals surface area (Å²) in [5.41, 5.74) is 2.67. The number of aromatic amines is 1. The van der Waals surface area contributed by atoms with Crippen molar-refractivity contribution < 1.29 is 14.6 Å². The molecule has 0 fully saturated rings. The topological polar surface area (TPSA) is 96.7 Å². The zero-order valence-electron chi connectivity index (χ0n) is 18.0. The minimum atomic E-state index is -1.14. The Morgan fingerprint density at radius 1 is 1.12 bits per heavy atom. The number of carbonyl (C=O) groups is 1. The van der Waals surface area contributed by atoms with Gasteiger partial charge in [-0.15, -0.1) is 0 Å². The Labute approximate surface area is 185 Å². The highest BCUT2D eigenvalue weighted by molar-refractivity contribution is 5.94. The van der Waals surface area contributed by atoms with Gasteiger partial charge in [-0.3, -0.25) is 9.89 Å². The first-order chi connectivity index (χ1) is 15.4. The molecule has 0 radical (unpaired) electrons. The molecule has 2 aromatic carbocycles. The summed E-state index contributed by atoms with van der Waals surface area (Å²) >= 11 is 0. The van der Waals surface area contributed by atoms with E-state index in [1.807, 2.05) is 54.6 Å². The van der Waals surface area contributed by atoms with Crippen LogP contribution in [0.3, 0.4) is 0 Å². The number of rotatable bonds is 8. The quantitative estimate of drug-likeness (QED) is 0.426. The van der Waals surface area contributed by atoms with Crippen molar-refractivity contribution in [1.82, 2.24) is 14.6 Å². The predicted molar refractivity (Wildman–Crippen MR) is 122 cm³/mol. The highest BCUT2D eigenvalue weighted by Crippen LogP contribution is 2.26. The number of ether oxygens (including phenoxy) is 1. The van der Waals surface area contributed by atoms with Gasteiger partial charge in [-0.05, 0) is 48.6 Å². The molecule has 7 nitrogen and oxygen atoms in total. The third-order valence-corrected chi connectivity index (χ3v) is 5.33. The molecule has 0 atom stereocenters. The van der Waals surface area contributed by atoms with Crippen LogP contribution in [0.4, 0.5) is 0 Å². The average Bonchev–Trinajstić information content (AvgIpc) is 3.22. The summed E-state index contributed by atoms with van der Waals surface area (Å²) in [5.74, 6) is -0.0249. The van der Waals surface area contributed by atoms with Crippen LogP contribution in [0.25, 0.3) is 16.9 Å². The van der Waals surface area contributed by atoms with Crippen LogP contribution in [0.5, 0.6) is 5.75 Å². The number of H-pyrrole nitrogens is 1. The molecule has 0 amide bonds. The Hall–Kier alpha value is -3.87. The fraction of sp³-hybridized carbons (Fsp3) is 0.240. The van der Waals surface area contributed by atoms with E-state index in [0.29, 0.717) is 36.0 Å². The van der Waals surface area contributed by atoms with Crippen LogP contribution in [0.1, 0.15) is 41.8 Å². The molecular formula is C25H25N3O4. The maximum absolute atomic E-state index is 13.2. The summed E-state index contributed by atoms with van der Waals surface area (Å²) < 4.78 is 7.06.